The van der Waals surface area contributed by atoms with E-state index >= 15 is 0 Å². The van der Waals surface area contributed by atoms with E-state index < -0.39 is 0 Å². The average Bonchev–Trinajstić information content (AvgIpc) is 3.02. The van der Waals surface area contributed by atoms with Crippen LogP contribution >= 0.6 is 22.7 Å². The third-order valence-corrected chi connectivity index (χ3v) is 4.82. The minimum absolute atomic E-state index is 0.325. The molecule has 2 heterocycles. The first-order valence-electron chi connectivity index (χ1n) is 7.34. The summed E-state index contributed by atoms with van der Waals surface area (Å²) < 4.78 is 9.67. The predicted octanol–water partition coefficient (Wildman–Crippen LogP) is 3.63. The van der Waals surface area contributed by atoms with E-state index in [2.05, 4.69) is 0 Å². The van der Waals surface area contributed by atoms with Crippen LogP contribution in [-0.2, 0) is 9.47 Å². The molecule has 0 bridgehead atoms. The minimum Gasteiger partial charge on any atom is -0.462 e. The second-order valence-corrected chi connectivity index (χ2v) is 6.58. The monoisotopic (exact) mass is 370 g/mol. The summed E-state index contributed by atoms with van der Waals surface area (Å²) in [6.45, 7) is 8.00. The van der Waals surface area contributed by atoms with Gasteiger partial charge in [-0.15, -0.1) is 22.7 Å². The Morgan fingerprint density at radius 2 is 1.21 bits per heavy atom. The van der Waals surface area contributed by atoms with Gasteiger partial charge < -0.3 is 20.9 Å². The van der Waals surface area contributed by atoms with E-state index in [-0.39, 0.29) is 11.9 Å². The maximum atomic E-state index is 11.3. The van der Waals surface area contributed by atoms with Crippen LogP contribution in [0.2, 0.25) is 0 Å². The Hall–Kier alpha value is -2.06. The van der Waals surface area contributed by atoms with E-state index in [1.807, 2.05) is 24.6 Å². The molecule has 6 nitrogen and oxygen atoms in total. The molecule has 2 rings (SSSR count). The van der Waals surface area contributed by atoms with Crippen molar-refractivity contribution in [2.75, 3.05) is 24.7 Å². The van der Waals surface area contributed by atoms with Gasteiger partial charge in [0.05, 0.1) is 24.3 Å². The molecule has 0 atom stereocenters. The van der Waals surface area contributed by atoms with Crippen LogP contribution in [0.3, 0.4) is 0 Å². The zero-order chi connectivity index (χ0) is 18.3. The number of carbonyl (C=O) groups excluding carboxylic acids is 2. The Morgan fingerprint density at radius 1 is 0.875 bits per heavy atom. The highest BCUT2D eigenvalue weighted by Crippen LogP contribution is 2.25. The lowest BCUT2D eigenvalue weighted by atomic mass is 10.2. The van der Waals surface area contributed by atoms with Crippen LogP contribution in [0.4, 0.5) is 10.0 Å². The van der Waals surface area contributed by atoms with E-state index in [1.54, 1.807) is 13.8 Å². The van der Waals surface area contributed by atoms with E-state index in [9.17, 15) is 9.59 Å². The van der Waals surface area contributed by atoms with Crippen molar-refractivity contribution < 1.29 is 19.1 Å². The van der Waals surface area contributed by atoms with Crippen molar-refractivity contribution in [3.63, 3.8) is 0 Å². The molecule has 0 aliphatic heterocycles. The summed E-state index contributed by atoms with van der Waals surface area (Å²) in [5.74, 6) is -0.650. The van der Waals surface area contributed by atoms with Gasteiger partial charge in [-0.3, -0.25) is 0 Å². The number of nitrogens with two attached hydrogens (primary N) is 2. The van der Waals surface area contributed by atoms with Crippen LogP contribution in [0.15, 0.2) is 10.8 Å². The van der Waals surface area contributed by atoms with Gasteiger partial charge in [-0.1, -0.05) is 0 Å². The number of aryl methyl sites for hydroxylation is 2. The number of hydrogen-bond acceptors (Lipinski definition) is 8. The van der Waals surface area contributed by atoms with Crippen molar-refractivity contribution in [1.82, 2.24) is 0 Å². The maximum Gasteiger partial charge on any atom is 0.341 e. The summed E-state index contributed by atoms with van der Waals surface area (Å²) in [6, 6.07) is 0. The van der Waals surface area contributed by atoms with Crippen molar-refractivity contribution in [2.45, 2.75) is 27.7 Å². The van der Waals surface area contributed by atoms with Gasteiger partial charge in [-0.05, 0) is 49.6 Å². The van der Waals surface area contributed by atoms with Crippen molar-refractivity contribution in [2.24, 2.45) is 0 Å². The topological polar surface area (TPSA) is 105 Å². The summed E-state index contributed by atoms with van der Waals surface area (Å²) in [5, 5.41) is 4.76. The molecule has 24 heavy (non-hydrogen) atoms. The number of esters is 2. The lowest BCUT2D eigenvalue weighted by Gasteiger charge is -2.01. The number of rotatable bonds is 4. The molecule has 0 fully saturated rings. The molecule has 8 heteroatoms. The predicted molar refractivity (Wildman–Crippen MR) is 98.8 cm³/mol. The second-order valence-electron chi connectivity index (χ2n) is 4.76. The van der Waals surface area contributed by atoms with Gasteiger partial charge in [0, 0.05) is 0 Å². The Morgan fingerprint density at radius 3 is 1.42 bits per heavy atom. The second kappa shape index (κ2) is 9.29. The van der Waals surface area contributed by atoms with Crippen LogP contribution in [0.5, 0.6) is 0 Å². The summed E-state index contributed by atoms with van der Waals surface area (Å²) in [5.41, 5.74) is 14.0. The Balaban J connectivity index is 0.000000240. The molecule has 0 aromatic carbocycles. The average molecular weight is 370 g/mol. The van der Waals surface area contributed by atoms with Crippen molar-refractivity contribution in [1.29, 1.82) is 0 Å². The molecule has 0 aliphatic carbocycles. The number of ether oxygens (including phenoxy) is 2. The van der Waals surface area contributed by atoms with Gasteiger partial charge in [-0.25, -0.2) is 9.59 Å². The number of anilines is 2. The third-order valence-electron chi connectivity index (χ3n) is 2.97. The third kappa shape index (κ3) is 4.97. The van der Waals surface area contributed by atoms with E-state index in [0.717, 1.165) is 11.1 Å². The van der Waals surface area contributed by atoms with Crippen molar-refractivity contribution in [3.8, 4) is 0 Å². The van der Waals surface area contributed by atoms with Gasteiger partial charge in [-0.2, -0.15) is 0 Å². The fraction of sp³-hybridized carbons (Fsp3) is 0.375. The van der Waals surface area contributed by atoms with Crippen LogP contribution in [0.25, 0.3) is 0 Å². The SMILES string of the molecule is CCOC(=O)c1c(C)csc1N.CCOC(=O)c1c(C)csc1N. The molecule has 0 amide bonds. The Labute approximate surface area is 149 Å². The molecule has 2 aromatic rings. The standard InChI is InChI=1S/2C8H11NO2S/c2*1-3-11-8(10)6-5(2)4-12-7(6)9/h2*4H,3,9H2,1-2H3. The molecule has 0 unspecified atom stereocenters. The molecule has 0 saturated carbocycles. The highest BCUT2D eigenvalue weighted by molar-refractivity contribution is 7.14. The summed E-state index contributed by atoms with van der Waals surface area (Å²) in [7, 11) is 0. The van der Waals surface area contributed by atoms with Crippen LogP contribution < -0.4 is 11.5 Å². The smallest absolute Gasteiger partial charge is 0.341 e. The number of carbonyl (C=O) groups is 2. The number of nitrogen functional groups attached to an aromatic ring is 2. The molecule has 0 radical (unpaired) electrons. The largest absolute Gasteiger partial charge is 0.462 e. The molecule has 132 valence electrons. The molecular formula is C16H22N2O4S2. The quantitative estimate of drug-likeness (QED) is 0.796. The van der Waals surface area contributed by atoms with Crippen molar-refractivity contribution in [3.05, 3.63) is 33.0 Å². The lowest BCUT2D eigenvalue weighted by Crippen LogP contribution is -2.07. The van der Waals surface area contributed by atoms with Gasteiger partial charge in [0.1, 0.15) is 10.0 Å². The van der Waals surface area contributed by atoms with E-state index in [1.165, 1.54) is 22.7 Å². The minimum atomic E-state index is -0.325. The normalized spacial score (nSPS) is 9.83. The summed E-state index contributed by atoms with van der Waals surface area (Å²) in [6.07, 6.45) is 0. The maximum absolute atomic E-state index is 11.3. The first-order chi connectivity index (χ1) is 11.3. The fourth-order valence-corrected chi connectivity index (χ4v) is 3.43. The summed E-state index contributed by atoms with van der Waals surface area (Å²) >= 11 is 2.72. The zero-order valence-electron chi connectivity index (χ0n) is 14.2. The number of thiophene rings is 2. The highest BCUT2D eigenvalue weighted by atomic mass is 32.1. The lowest BCUT2D eigenvalue weighted by molar-refractivity contribution is 0.0517. The molecule has 4 N–H and O–H groups in total. The van der Waals surface area contributed by atoms with Crippen molar-refractivity contribution >= 4 is 44.6 Å². The zero-order valence-corrected chi connectivity index (χ0v) is 15.8. The Kier molecular flexibility index (Phi) is 7.73. The van der Waals surface area contributed by atoms with Crippen LogP contribution in [0.1, 0.15) is 45.7 Å². The molecule has 2 aromatic heterocycles. The Bertz CT molecular complexity index is 608. The molecule has 0 aliphatic rings. The fourth-order valence-electron chi connectivity index (χ4n) is 1.86. The van der Waals surface area contributed by atoms with Crippen LogP contribution in [-0.4, -0.2) is 25.2 Å². The first-order valence-corrected chi connectivity index (χ1v) is 9.10. The molecule has 0 saturated heterocycles. The van der Waals surface area contributed by atoms with Gasteiger partial charge in [0.15, 0.2) is 0 Å². The van der Waals surface area contributed by atoms with Crippen LogP contribution in [0, 0.1) is 13.8 Å². The molecule has 0 spiro atoms. The van der Waals surface area contributed by atoms with Gasteiger partial charge in [0.2, 0.25) is 0 Å². The van der Waals surface area contributed by atoms with Gasteiger partial charge in [0.25, 0.3) is 0 Å². The first kappa shape index (κ1) is 20.0. The van der Waals surface area contributed by atoms with Gasteiger partial charge >= 0.3 is 11.9 Å². The molecular weight excluding hydrogens is 348 g/mol. The highest BCUT2D eigenvalue weighted by Gasteiger charge is 2.15. The number of hydrogen-bond donors (Lipinski definition) is 2. The van der Waals surface area contributed by atoms with E-state index in [4.69, 9.17) is 20.9 Å². The van der Waals surface area contributed by atoms with E-state index in [0.29, 0.717) is 34.3 Å². The summed E-state index contributed by atoms with van der Waals surface area (Å²) in [4.78, 5) is 22.5.